The van der Waals surface area contributed by atoms with Gasteiger partial charge in [-0.1, -0.05) is 30.3 Å². The Labute approximate surface area is 186 Å². The molecular formula is C22H17FN8O2. The monoisotopic (exact) mass is 444 g/mol. The van der Waals surface area contributed by atoms with E-state index in [1.165, 1.54) is 27.6 Å². The number of para-hydroxylation sites is 1. The van der Waals surface area contributed by atoms with E-state index in [2.05, 4.69) is 30.8 Å². The predicted octanol–water partition coefficient (Wildman–Crippen LogP) is 2.32. The van der Waals surface area contributed by atoms with Gasteiger partial charge in [-0.15, -0.1) is 20.4 Å². The van der Waals surface area contributed by atoms with Crippen molar-refractivity contribution < 1.29 is 13.9 Å². The van der Waals surface area contributed by atoms with Gasteiger partial charge in [0.15, 0.2) is 17.2 Å². The summed E-state index contributed by atoms with van der Waals surface area (Å²) >= 11 is 0. The summed E-state index contributed by atoms with van der Waals surface area (Å²) in [5.41, 5.74) is 2.00. The van der Waals surface area contributed by atoms with Gasteiger partial charge >= 0.3 is 0 Å². The fraction of sp³-hybridized carbons (Fsp3) is 0.0909. The summed E-state index contributed by atoms with van der Waals surface area (Å²) in [6.07, 6.45) is 1.40. The van der Waals surface area contributed by atoms with Gasteiger partial charge in [-0.2, -0.15) is 14.4 Å². The zero-order valence-corrected chi connectivity index (χ0v) is 17.2. The molecule has 3 aromatic heterocycles. The molecule has 0 saturated carbocycles. The summed E-state index contributed by atoms with van der Waals surface area (Å²) in [4.78, 5) is 13.7. The van der Waals surface area contributed by atoms with Crippen LogP contribution in [0.2, 0.25) is 0 Å². The highest BCUT2D eigenvalue weighted by Gasteiger charge is 2.13. The Morgan fingerprint density at radius 1 is 1.00 bits per heavy atom. The Balaban J connectivity index is 1.20. The van der Waals surface area contributed by atoms with E-state index in [1.54, 1.807) is 24.3 Å². The average Bonchev–Trinajstić information content (AvgIpc) is 3.50. The highest BCUT2D eigenvalue weighted by Crippen LogP contribution is 2.19. The first kappa shape index (κ1) is 20.2. The highest BCUT2D eigenvalue weighted by molar-refractivity contribution is 5.91. The van der Waals surface area contributed by atoms with Crippen LogP contribution in [0.15, 0.2) is 72.9 Å². The van der Waals surface area contributed by atoms with Gasteiger partial charge in [0.1, 0.15) is 12.4 Å². The van der Waals surface area contributed by atoms with E-state index in [4.69, 9.17) is 4.74 Å². The van der Waals surface area contributed by atoms with Crippen LogP contribution in [0.25, 0.3) is 22.7 Å². The van der Waals surface area contributed by atoms with Crippen LogP contribution in [-0.4, -0.2) is 53.9 Å². The van der Waals surface area contributed by atoms with Crippen molar-refractivity contribution in [3.05, 3.63) is 84.4 Å². The number of carbonyl (C=O) groups is 1. The van der Waals surface area contributed by atoms with Crippen molar-refractivity contribution in [3.63, 3.8) is 0 Å². The van der Waals surface area contributed by atoms with Gasteiger partial charge in [-0.25, -0.2) is 4.39 Å². The molecule has 10 nitrogen and oxygen atoms in total. The van der Waals surface area contributed by atoms with Crippen molar-refractivity contribution in [1.29, 1.82) is 0 Å². The van der Waals surface area contributed by atoms with Crippen molar-refractivity contribution in [2.24, 2.45) is 0 Å². The molecule has 33 heavy (non-hydrogen) atoms. The molecular weight excluding hydrogens is 427 g/mol. The summed E-state index contributed by atoms with van der Waals surface area (Å²) in [7, 11) is 0. The van der Waals surface area contributed by atoms with Gasteiger partial charge in [0, 0.05) is 11.6 Å². The minimum atomic E-state index is -0.379. The standard InChI is InChI=1S/C22H17FN8O2/c23-16-6-4-5-15(13-16)21-27-26-19-9-10-20(29-30(19)21)33-12-11-24-22(32)18-14-25-31(28-18)17-7-2-1-3-8-17/h1-10,13-14H,11-12H2,(H,24,32). The van der Waals surface area contributed by atoms with Crippen molar-refractivity contribution >= 4 is 11.6 Å². The fourth-order valence-corrected chi connectivity index (χ4v) is 3.12. The Hall–Kier alpha value is -4.67. The molecule has 0 aliphatic heterocycles. The first-order valence-electron chi connectivity index (χ1n) is 10.0. The molecule has 3 heterocycles. The van der Waals surface area contributed by atoms with E-state index < -0.39 is 0 Å². The number of fused-ring (bicyclic) bond motifs is 1. The summed E-state index contributed by atoms with van der Waals surface area (Å²) in [5, 5.41) is 23.5. The third-order valence-electron chi connectivity index (χ3n) is 4.67. The largest absolute Gasteiger partial charge is 0.475 e. The lowest BCUT2D eigenvalue weighted by Gasteiger charge is -2.07. The third-order valence-corrected chi connectivity index (χ3v) is 4.67. The normalized spacial score (nSPS) is 10.9. The van der Waals surface area contributed by atoms with Crippen LogP contribution in [0.4, 0.5) is 4.39 Å². The molecule has 0 bridgehead atoms. The minimum Gasteiger partial charge on any atom is -0.475 e. The molecule has 0 fully saturated rings. The summed E-state index contributed by atoms with van der Waals surface area (Å²) < 4.78 is 20.7. The molecule has 0 aliphatic rings. The summed E-state index contributed by atoms with van der Waals surface area (Å²) in [6, 6.07) is 18.7. The molecule has 0 atom stereocenters. The lowest BCUT2D eigenvalue weighted by atomic mass is 10.2. The minimum absolute atomic E-state index is 0.175. The molecule has 0 spiro atoms. The quantitative estimate of drug-likeness (QED) is 0.384. The molecule has 0 radical (unpaired) electrons. The number of halogens is 1. The molecule has 5 aromatic rings. The first-order valence-corrected chi connectivity index (χ1v) is 10.0. The van der Waals surface area contributed by atoms with E-state index in [0.717, 1.165) is 5.69 Å². The molecule has 0 saturated heterocycles. The zero-order valence-electron chi connectivity index (χ0n) is 17.2. The van der Waals surface area contributed by atoms with Crippen molar-refractivity contribution in [2.75, 3.05) is 13.2 Å². The average molecular weight is 444 g/mol. The predicted molar refractivity (Wildman–Crippen MR) is 115 cm³/mol. The number of ether oxygens (including phenoxy) is 1. The summed E-state index contributed by atoms with van der Waals surface area (Å²) in [5.74, 6) is -0.0402. The van der Waals surface area contributed by atoms with E-state index in [9.17, 15) is 9.18 Å². The van der Waals surface area contributed by atoms with Gasteiger partial charge in [0.2, 0.25) is 5.88 Å². The number of nitrogens with zero attached hydrogens (tertiary/aromatic N) is 7. The van der Waals surface area contributed by atoms with Crippen LogP contribution in [-0.2, 0) is 0 Å². The van der Waals surface area contributed by atoms with Crippen LogP contribution < -0.4 is 10.1 Å². The van der Waals surface area contributed by atoms with Gasteiger partial charge in [0.25, 0.3) is 5.91 Å². The number of nitrogens with one attached hydrogen (secondary N) is 1. The molecule has 5 rings (SSSR count). The topological polar surface area (TPSA) is 112 Å². The highest BCUT2D eigenvalue weighted by atomic mass is 19.1. The Morgan fingerprint density at radius 3 is 2.73 bits per heavy atom. The lowest BCUT2D eigenvalue weighted by molar-refractivity contribution is 0.0941. The van der Waals surface area contributed by atoms with E-state index >= 15 is 0 Å². The molecule has 0 unspecified atom stereocenters. The lowest BCUT2D eigenvalue weighted by Crippen LogP contribution is -2.28. The van der Waals surface area contributed by atoms with Crippen LogP contribution in [0.3, 0.4) is 0 Å². The van der Waals surface area contributed by atoms with E-state index in [1.807, 2.05) is 30.3 Å². The molecule has 0 aliphatic carbocycles. The molecule has 2 aromatic carbocycles. The maximum absolute atomic E-state index is 13.6. The van der Waals surface area contributed by atoms with E-state index in [-0.39, 0.29) is 30.6 Å². The van der Waals surface area contributed by atoms with Gasteiger partial charge in [0.05, 0.1) is 18.4 Å². The van der Waals surface area contributed by atoms with Crippen LogP contribution in [0.1, 0.15) is 10.5 Å². The SMILES string of the molecule is O=C(NCCOc1ccc2nnc(-c3cccc(F)c3)n2n1)c1cnn(-c2ccccc2)n1. The van der Waals surface area contributed by atoms with Gasteiger partial charge in [-0.05, 0) is 30.3 Å². The number of hydrogen-bond donors (Lipinski definition) is 1. The number of benzene rings is 2. The van der Waals surface area contributed by atoms with Crippen molar-refractivity contribution in [3.8, 4) is 23.0 Å². The number of carbonyl (C=O) groups excluding carboxylic acids is 1. The molecule has 1 N–H and O–H groups in total. The van der Waals surface area contributed by atoms with Gasteiger partial charge < -0.3 is 10.1 Å². The second-order valence-corrected chi connectivity index (χ2v) is 6.93. The fourth-order valence-electron chi connectivity index (χ4n) is 3.12. The summed E-state index contributed by atoms with van der Waals surface area (Å²) in [6.45, 7) is 0.407. The number of aromatic nitrogens is 7. The van der Waals surface area contributed by atoms with Crippen LogP contribution in [0.5, 0.6) is 5.88 Å². The Bertz CT molecular complexity index is 1420. The molecule has 1 amide bonds. The van der Waals surface area contributed by atoms with Crippen LogP contribution >= 0.6 is 0 Å². The second kappa shape index (κ2) is 8.83. The van der Waals surface area contributed by atoms with Gasteiger partial charge in [-0.3, -0.25) is 4.79 Å². The molecule has 11 heteroatoms. The third kappa shape index (κ3) is 4.37. The van der Waals surface area contributed by atoms with E-state index in [0.29, 0.717) is 22.9 Å². The Morgan fingerprint density at radius 2 is 1.88 bits per heavy atom. The zero-order chi connectivity index (χ0) is 22.6. The van der Waals surface area contributed by atoms with Crippen LogP contribution in [0, 0.1) is 5.82 Å². The van der Waals surface area contributed by atoms with Crippen molar-refractivity contribution in [2.45, 2.75) is 0 Å². The first-order chi connectivity index (χ1) is 16.2. The maximum Gasteiger partial charge on any atom is 0.273 e. The number of rotatable bonds is 7. The number of amides is 1. The number of hydrogen-bond acceptors (Lipinski definition) is 7. The Kier molecular flexibility index (Phi) is 5.42. The maximum atomic E-state index is 13.6. The molecule has 164 valence electrons. The van der Waals surface area contributed by atoms with Crippen molar-refractivity contribution in [1.82, 2.24) is 40.1 Å². The smallest absolute Gasteiger partial charge is 0.273 e. The second-order valence-electron chi connectivity index (χ2n) is 6.93.